The minimum Gasteiger partial charge on any atom is -0.510 e. The monoisotopic (exact) mass is 1380 g/mol. The third-order valence-electron chi connectivity index (χ3n) is 15.8. The summed E-state index contributed by atoms with van der Waals surface area (Å²) < 4.78 is 88.0. The number of carboxylic acid groups (broad SMARTS) is 1. The van der Waals surface area contributed by atoms with E-state index in [1.165, 1.54) is 6.92 Å². The van der Waals surface area contributed by atoms with Crippen molar-refractivity contribution in [1.82, 2.24) is 16.0 Å². The van der Waals surface area contributed by atoms with E-state index in [0.29, 0.717) is 12.8 Å². The second-order valence-corrected chi connectivity index (χ2v) is 24.8. The van der Waals surface area contributed by atoms with E-state index in [1.54, 1.807) is 13.0 Å². The first kappa shape index (κ1) is 77.6. The fraction of sp³-hybridized carbons (Fsp3) is 0.759. The summed E-state index contributed by atoms with van der Waals surface area (Å²) in [5.41, 5.74) is 9.42. The average Bonchev–Trinajstić information content (AvgIpc) is 0.831. The molecule has 0 bridgehead atoms. The first-order valence-corrected chi connectivity index (χ1v) is 30.9. The maximum Gasteiger partial charge on any atom is 0.474 e. The smallest absolute Gasteiger partial charge is 0.474 e. The number of primary amides is 2. The summed E-state index contributed by atoms with van der Waals surface area (Å²) in [5, 5.41) is 138. The van der Waals surface area contributed by atoms with Gasteiger partial charge in [-0.15, -0.1) is 0 Å². The zero-order chi connectivity index (χ0) is 70.2. The number of Topliss-reactive ketones (excluding diaryl/α,β-unsaturated/α-hetero) is 1. The SMILES string of the molecule is CC(=O)NC1[C@H](OC2[C@H](OP(=O)(O)OC[C@@H](OC/C=C(/C)CCC=C(C)C)C(=O)O)OC(C(N)=O)[C@@](C)(O)[C@@H]2OC(N)=O)OC(CO[C@@H]2OC(CO)[C@@H](O)C(O)[C@@H]2O)[C@@H](O[C@@H]2OC(C)[C@@H](O[C@@H]3OC(C(=O)NC4=C(O)CCC4=O)[C@H](O)C(O)[C@@H]3O)C(O)[C@@H]2NC(C)=O)[C@@H]1O. The van der Waals surface area contributed by atoms with Crippen molar-refractivity contribution in [1.29, 1.82) is 0 Å². The van der Waals surface area contributed by atoms with Gasteiger partial charge < -0.3 is 146 Å². The van der Waals surface area contributed by atoms with Crippen molar-refractivity contribution in [3.63, 3.8) is 0 Å². The Morgan fingerprint density at radius 2 is 1.30 bits per heavy atom. The van der Waals surface area contributed by atoms with E-state index in [9.17, 15) is 104 Å². The fourth-order valence-electron chi connectivity index (χ4n) is 10.8. The number of aliphatic hydroxyl groups excluding tert-OH is 10. The van der Waals surface area contributed by atoms with Crippen molar-refractivity contribution in [2.45, 2.75) is 233 Å². The van der Waals surface area contributed by atoms with Crippen molar-refractivity contribution in [2.75, 3.05) is 26.4 Å². The molecular weight excluding hydrogens is 1290 g/mol. The van der Waals surface area contributed by atoms with E-state index >= 15 is 0 Å². The molecule has 5 saturated heterocycles. The van der Waals surface area contributed by atoms with Crippen LogP contribution in [0.15, 0.2) is 34.8 Å². The van der Waals surface area contributed by atoms with E-state index in [2.05, 4.69) is 16.0 Å². The highest BCUT2D eigenvalue weighted by Crippen LogP contribution is 2.49. The number of amides is 5. The largest absolute Gasteiger partial charge is 0.510 e. The molecular formula is C54H84N5O34P. The molecule has 20 N–H and O–H groups in total. The number of carbonyl (C=O) groups is 7. The molecule has 6 rings (SSSR count). The summed E-state index contributed by atoms with van der Waals surface area (Å²) in [6, 6.07) is -3.98. The molecule has 5 amide bonds. The third kappa shape index (κ3) is 19.3. The number of ether oxygens (including phenoxy) is 11. The van der Waals surface area contributed by atoms with Gasteiger partial charge in [-0.3, -0.25) is 33.0 Å². The molecule has 27 atom stereocenters. The van der Waals surface area contributed by atoms with Gasteiger partial charge in [-0.2, -0.15) is 0 Å². The van der Waals surface area contributed by atoms with Gasteiger partial charge in [0.25, 0.3) is 5.91 Å². The Bertz CT molecular complexity index is 2830. The number of phosphoric acid groups is 1. The number of hydrogen-bond donors (Lipinski definition) is 18. The van der Waals surface area contributed by atoms with Crippen LogP contribution in [-0.2, 0) is 94.5 Å². The minimum absolute atomic E-state index is 0.125. The molecule has 0 spiro atoms. The van der Waals surface area contributed by atoms with Gasteiger partial charge in [0.1, 0.15) is 102 Å². The number of nitrogens with one attached hydrogen (secondary N) is 3. The van der Waals surface area contributed by atoms with Gasteiger partial charge in [-0.05, 0) is 47.5 Å². The third-order valence-corrected chi connectivity index (χ3v) is 16.7. The topological polar surface area (TPSA) is 608 Å². The van der Waals surface area contributed by atoms with Crippen LogP contribution < -0.4 is 27.4 Å². The molecule has 40 heteroatoms. The Hall–Kier alpha value is -5.38. The number of rotatable bonds is 28. The molecule has 39 nitrogen and oxygen atoms in total. The zero-order valence-corrected chi connectivity index (χ0v) is 52.6. The molecule has 0 saturated carbocycles. The summed E-state index contributed by atoms with van der Waals surface area (Å²) in [4.78, 5) is 101. The van der Waals surface area contributed by atoms with Gasteiger partial charge in [-0.25, -0.2) is 14.2 Å². The van der Waals surface area contributed by atoms with Crippen LogP contribution in [0, 0.1) is 0 Å². The van der Waals surface area contributed by atoms with Crippen LogP contribution in [0.5, 0.6) is 0 Å². The average molecular weight is 1380 g/mol. The van der Waals surface area contributed by atoms with Gasteiger partial charge >= 0.3 is 19.9 Å². The second-order valence-electron chi connectivity index (χ2n) is 23.4. The predicted molar refractivity (Wildman–Crippen MR) is 303 cm³/mol. The van der Waals surface area contributed by atoms with Crippen LogP contribution in [0.1, 0.15) is 74.1 Å². The van der Waals surface area contributed by atoms with Crippen LogP contribution in [0.25, 0.3) is 0 Å². The number of phosphoric ester groups is 1. The van der Waals surface area contributed by atoms with Crippen LogP contribution in [0.3, 0.4) is 0 Å². The number of hydrogen-bond acceptors (Lipinski definition) is 32. The lowest BCUT2D eigenvalue weighted by molar-refractivity contribution is -0.375. The quantitative estimate of drug-likeness (QED) is 0.0256. The molecule has 0 aromatic rings. The molecule has 94 heavy (non-hydrogen) atoms. The summed E-state index contributed by atoms with van der Waals surface area (Å²) >= 11 is 0. The zero-order valence-electron chi connectivity index (χ0n) is 51.7. The van der Waals surface area contributed by atoms with Gasteiger partial charge in [0.15, 0.2) is 67.8 Å². The summed E-state index contributed by atoms with van der Waals surface area (Å²) in [6.07, 6.45) is -46.2. The van der Waals surface area contributed by atoms with Crippen LogP contribution in [-0.4, -0.2) is 293 Å². The molecule has 0 radical (unpaired) electrons. The predicted octanol–water partition coefficient (Wildman–Crippen LogP) is -7.06. The Morgan fingerprint density at radius 3 is 1.86 bits per heavy atom. The van der Waals surface area contributed by atoms with E-state index in [0.717, 1.165) is 31.9 Å². The van der Waals surface area contributed by atoms with Gasteiger partial charge in [-0.1, -0.05) is 23.3 Å². The number of carbonyl (C=O) groups excluding carboxylic acids is 6. The van der Waals surface area contributed by atoms with Crippen molar-refractivity contribution in [3.8, 4) is 0 Å². The molecule has 5 heterocycles. The highest BCUT2D eigenvalue weighted by Gasteiger charge is 2.62. The van der Waals surface area contributed by atoms with Crippen molar-refractivity contribution >= 4 is 49.3 Å². The van der Waals surface area contributed by atoms with E-state index < -0.39 is 240 Å². The maximum absolute atomic E-state index is 13.9. The summed E-state index contributed by atoms with van der Waals surface area (Å²) in [6.45, 7) is 5.82. The molecule has 1 aliphatic carbocycles. The summed E-state index contributed by atoms with van der Waals surface area (Å²) in [7, 11) is -5.81. The Labute approximate surface area is 535 Å². The number of nitrogens with two attached hydrogens (primary N) is 2. The lowest BCUT2D eigenvalue weighted by Crippen LogP contribution is -2.72. The fourth-order valence-corrected chi connectivity index (χ4v) is 11.6. The first-order valence-electron chi connectivity index (χ1n) is 29.4. The van der Waals surface area contributed by atoms with Crippen molar-refractivity contribution < 1.29 is 165 Å². The number of ketones is 1. The molecule has 0 aromatic carbocycles. The van der Waals surface area contributed by atoms with Gasteiger partial charge in [0, 0.05) is 26.7 Å². The highest BCUT2D eigenvalue weighted by molar-refractivity contribution is 7.47. The summed E-state index contributed by atoms with van der Waals surface area (Å²) in [5.74, 6) is -7.64. The molecule has 5 aliphatic heterocycles. The molecule has 11 unspecified atom stereocenters. The lowest BCUT2D eigenvalue weighted by Gasteiger charge is -2.52. The van der Waals surface area contributed by atoms with Crippen LogP contribution in [0.4, 0.5) is 4.79 Å². The number of aliphatic carboxylic acids is 1. The van der Waals surface area contributed by atoms with E-state index in [-0.39, 0.29) is 19.4 Å². The van der Waals surface area contributed by atoms with Gasteiger partial charge in [0.05, 0.1) is 32.5 Å². The highest BCUT2D eigenvalue weighted by atomic mass is 31.2. The first-order chi connectivity index (χ1) is 43.9. The number of allylic oxidation sites excluding steroid dienone is 5. The minimum atomic E-state index is -5.81. The van der Waals surface area contributed by atoms with Crippen LogP contribution >= 0.6 is 7.82 Å². The maximum atomic E-state index is 13.9. The Morgan fingerprint density at radius 1 is 0.723 bits per heavy atom. The normalized spacial score (nSPS) is 39.0. The second kappa shape index (κ2) is 33.2. The number of carboxylic acids is 1. The standard InChI is InChI=1S/C54H84N5O34P/c1-18(2)9-8-10-19(3)13-14-81-27(47(75)76)17-83-94(79,80)93-52-42(43(92-53(56)77)54(7,78)44(91-52)45(55)73)90-49-30(58-22(6)62)33(67)40(26(86-49)16-82-50-37(71)34(68)31(65)25(15-60)85-50)88-48-29(57-21(5)61)32(66)39(20(4)84-48)87-51-38(72)35(69)36(70)41(89-51)46(74)59-28-23(63)11-12-24(28)64/h9,13,20,25-27,29-44,48-52,60,63,65-72,78H,8,10-12,14-17H2,1-7H3,(H2,55,73)(H2,56,77)(H,57,61)(H,58,62)(H,59,74)(H,75,76)(H,79,80)/b19-13-/t20?,25?,26?,27-,29+,30?,31-,32?,33-,34?,35?,36-,37+,38+,39-,40-,41?,42?,43-,44?,48+,49+,50-,51-,52+,54+/m1/s1. The van der Waals surface area contributed by atoms with Crippen LogP contribution in [0.2, 0.25) is 0 Å². The Kier molecular flexibility index (Phi) is 27.5. The lowest BCUT2D eigenvalue weighted by atomic mass is 9.85. The van der Waals surface area contributed by atoms with Crippen molar-refractivity contribution in [3.05, 3.63) is 34.8 Å². The molecule has 534 valence electrons. The molecule has 0 aromatic heterocycles. The van der Waals surface area contributed by atoms with Crippen molar-refractivity contribution in [2.24, 2.45) is 11.5 Å². The molecule has 6 aliphatic rings. The van der Waals surface area contributed by atoms with E-state index in [1.807, 2.05) is 19.9 Å². The number of aliphatic hydroxyl groups is 11. The Balaban J connectivity index is 1.34. The van der Waals surface area contributed by atoms with E-state index in [4.69, 9.17) is 72.6 Å². The van der Waals surface area contributed by atoms with Gasteiger partial charge in [0.2, 0.25) is 17.7 Å². The molecule has 5 fully saturated rings.